The molecule has 0 spiro atoms. The van der Waals surface area contributed by atoms with Gasteiger partial charge in [-0.3, -0.25) is 4.79 Å². The lowest BCUT2D eigenvalue weighted by atomic mass is 9.42. The highest BCUT2D eigenvalue weighted by molar-refractivity contribution is 5.83. The molecule has 5 rings (SSSR count). The first-order valence-electron chi connectivity index (χ1n) is 9.02. The Kier molecular flexibility index (Phi) is 3.53. The molecule has 1 aromatic carbocycles. The van der Waals surface area contributed by atoms with Gasteiger partial charge < -0.3 is 10.4 Å². The van der Waals surface area contributed by atoms with Crippen molar-refractivity contribution in [2.75, 3.05) is 13.2 Å². The molecule has 2 unspecified atom stereocenters. The molecule has 0 aliphatic heterocycles. The lowest BCUT2D eigenvalue weighted by Crippen LogP contribution is -2.59. The molecule has 0 heterocycles. The van der Waals surface area contributed by atoms with Crippen LogP contribution in [0.3, 0.4) is 0 Å². The predicted molar refractivity (Wildman–Crippen MR) is 90.1 cm³/mol. The predicted octanol–water partition coefficient (Wildman–Crippen LogP) is 2.94. The van der Waals surface area contributed by atoms with Gasteiger partial charge in [0.2, 0.25) is 5.91 Å². The maximum absolute atomic E-state index is 12.9. The van der Waals surface area contributed by atoms with Gasteiger partial charge in [0.25, 0.3) is 0 Å². The van der Waals surface area contributed by atoms with Gasteiger partial charge in [0.15, 0.2) is 0 Å². The summed E-state index contributed by atoms with van der Waals surface area (Å²) in [6.07, 6.45) is 6.90. The Morgan fingerprint density at radius 2 is 1.83 bits per heavy atom. The monoisotopic (exact) mass is 313 g/mol. The van der Waals surface area contributed by atoms with E-state index in [2.05, 4.69) is 36.5 Å². The second-order valence-electron chi connectivity index (χ2n) is 8.37. The summed E-state index contributed by atoms with van der Waals surface area (Å²) in [7, 11) is 0. The van der Waals surface area contributed by atoms with Crippen LogP contribution in [0.25, 0.3) is 0 Å². The van der Waals surface area contributed by atoms with Crippen LogP contribution >= 0.6 is 0 Å². The minimum atomic E-state index is -0.190. The topological polar surface area (TPSA) is 49.3 Å². The lowest BCUT2D eigenvalue weighted by Gasteiger charge is -2.61. The molecule has 3 heteroatoms. The van der Waals surface area contributed by atoms with Crippen molar-refractivity contribution in [2.45, 2.75) is 50.9 Å². The average molecular weight is 313 g/mol. The molecule has 1 aromatic rings. The zero-order chi connectivity index (χ0) is 16.1. The van der Waals surface area contributed by atoms with E-state index in [0.29, 0.717) is 18.4 Å². The van der Waals surface area contributed by atoms with Crippen LogP contribution in [0.15, 0.2) is 24.3 Å². The van der Waals surface area contributed by atoms with Crippen LogP contribution in [0.5, 0.6) is 0 Å². The molecule has 4 aliphatic carbocycles. The largest absolute Gasteiger partial charge is 0.395 e. The number of hydrogen-bond donors (Lipinski definition) is 2. The summed E-state index contributed by atoms with van der Waals surface area (Å²) in [5.41, 5.74) is 2.75. The number of aliphatic hydroxyl groups excluding tert-OH is 1. The van der Waals surface area contributed by atoms with E-state index in [0.717, 1.165) is 19.3 Å². The van der Waals surface area contributed by atoms with Crippen LogP contribution in [0.4, 0.5) is 0 Å². The van der Waals surface area contributed by atoms with Gasteiger partial charge in [-0.1, -0.05) is 29.8 Å². The van der Waals surface area contributed by atoms with E-state index in [9.17, 15) is 4.79 Å². The summed E-state index contributed by atoms with van der Waals surface area (Å²) in [5, 5.41) is 12.0. The molecule has 0 saturated heterocycles. The molecule has 4 aliphatic rings. The van der Waals surface area contributed by atoms with Crippen molar-refractivity contribution >= 4 is 5.91 Å². The third kappa shape index (κ3) is 2.40. The summed E-state index contributed by atoms with van der Waals surface area (Å²) >= 11 is 0. The number of aliphatic hydroxyl groups is 1. The first-order chi connectivity index (χ1) is 11.1. The Balaban J connectivity index is 1.68. The Morgan fingerprint density at radius 3 is 2.43 bits per heavy atom. The Bertz CT molecular complexity index is 593. The van der Waals surface area contributed by atoms with E-state index in [1.54, 1.807) is 0 Å². The molecule has 0 radical (unpaired) electrons. The molecule has 124 valence electrons. The second kappa shape index (κ2) is 5.34. The van der Waals surface area contributed by atoms with Crippen molar-refractivity contribution in [1.82, 2.24) is 5.32 Å². The summed E-state index contributed by atoms with van der Waals surface area (Å²) in [6, 6.07) is 9.02. The quantitative estimate of drug-likeness (QED) is 0.898. The fourth-order valence-corrected chi connectivity index (χ4v) is 6.13. The maximum Gasteiger partial charge on any atom is 0.226 e. The van der Waals surface area contributed by atoms with Gasteiger partial charge in [-0.2, -0.15) is 0 Å². The van der Waals surface area contributed by atoms with Crippen LogP contribution in [-0.4, -0.2) is 24.2 Å². The molecular formula is C20H27NO2. The number of hydrogen-bond acceptors (Lipinski definition) is 2. The van der Waals surface area contributed by atoms with E-state index in [-0.39, 0.29) is 23.3 Å². The van der Waals surface area contributed by atoms with Crippen molar-refractivity contribution in [3.05, 3.63) is 35.4 Å². The zero-order valence-corrected chi connectivity index (χ0v) is 14.0. The molecule has 4 fully saturated rings. The van der Waals surface area contributed by atoms with E-state index < -0.39 is 0 Å². The molecule has 2 N–H and O–H groups in total. The number of carbonyl (C=O) groups is 1. The average Bonchev–Trinajstić information content (AvgIpc) is 2.51. The first kappa shape index (κ1) is 15.2. The van der Waals surface area contributed by atoms with Crippen LogP contribution in [0, 0.1) is 24.2 Å². The lowest BCUT2D eigenvalue weighted by molar-refractivity contribution is -0.149. The first-order valence-corrected chi connectivity index (χ1v) is 9.02. The Morgan fingerprint density at radius 1 is 1.17 bits per heavy atom. The van der Waals surface area contributed by atoms with E-state index >= 15 is 0 Å². The van der Waals surface area contributed by atoms with Crippen LogP contribution in [-0.2, 0) is 10.2 Å². The number of benzene rings is 1. The molecule has 23 heavy (non-hydrogen) atoms. The van der Waals surface area contributed by atoms with Gasteiger partial charge in [-0.25, -0.2) is 0 Å². The zero-order valence-electron chi connectivity index (χ0n) is 14.0. The Hall–Kier alpha value is -1.35. The molecule has 4 atom stereocenters. The summed E-state index contributed by atoms with van der Waals surface area (Å²) in [4.78, 5) is 12.9. The van der Waals surface area contributed by atoms with Crippen molar-refractivity contribution in [3.8, 4) is 0 Å². The van der Waals surface area contributed by atoms with Gasteiger partial charge in [0, 0.05) is 6.54 Å². The standard InChI is InChI=1S/C20H27NO2/c1-14-2-4-17(5-3-14)19-9-15-8-16(10-19)12-20(11-15,13-19)18(23)21-6-7-22/h2-5,15-16,22H,6-13H2,1H3,(H,21,23)/t15-,16+,19?,20?. The van der Waals surface area contributed by atoms with Crippen molar-refractivity contribution in [1.29, 1.82) is 0 Å². The second-order valence-corrected chi connectivity index (χ2v) is 8.37. The number of nitrogens with one attached hydrogen (secondary N) is 1. The summed E-state index contributed by atoms with van der Waals surface area (Å²) in [6.45, 7) is 2.54. The highest BCUT2D eigenvalue weighted by Gasteiger charge is 2.60. The van der Waals surface area contributed by atoms with E-state index in [1.807, 2.05) is 0 Å². The van der Waals surface area contributed by atoms with E-state index in [4.69, 9.17) is 5.11 Å². The van der Waals surface area contributed by atoms with Gasteiger partial charge in [-0.05, 0) is 68.3 Å². The molecule has 3 nitrogen and oxygen atoms in total. The van der Waals surface area contributed by atoms with Gasteiger partial charge in [0.05, 0.1) is 12.0 Å². The third-order valence-corrected chi connectivity index (χ3v) is 6.60. The fraction of sp³-hybridized carbons (Fsp3) is 0.650. The smallest absolute Gasteiger partial charge is 0.226 e. The summed E-state index contributed by atoms with van der Waals surface area (Å²) < 4.78 is 0. The van der Waals surface area contributed by atoms with Crippen molar-refractivity contribution < 1.29 is 9.90 Å². The van der Waals surface area contributed by atoms with Crippen LogP contribution < -0.4 is 5.32 Å². The maximum atomic E-state index is 12.9. The highest BCUT2D eigenvalue weighted by Crippen LogP contribution is 2.65. The number of carbonyl (C=O) groups excluding carboxylic acids is 1. The minimum absolute atomic E-state index is 0.0256. The minimum Gasteiger partial charge on any atom is -0.395 e. The number of aryl methyl sites for hydroxylation is 1. The van der Waals surface area contributed by atoms with Crippen LogP contribution in [0.1, 0.15) is 49.7 Å². The molecule has 4 bridgehead atoms. The highest BCUT2D eigenvalue weighted by atomic mass is 16.3. The van der Waals surface area contributed by atoms with Gasteiger partial charge in [-0.15, -0.1) is 0 Å². The van der Waals surface area contributed by atoms with Crippen molar-refractivity contribution in [3.63, 3.8) is 0 Å². The summed E-state index contributed by atoms with van der Waals surface area (Å²) in [5.74, 6) is 1.58. The van der Waals surface area contributed by atoms with E-state index in [1.165, 1.54) is 30.4 Å². The Labute approximate surface area is 138 Å². The fourth-order valence-electron chi connectivity index (χ4n) is 6.13. The number of amides is 1. The molecule has 4 saturated carbocycles. The van der Waals surface area contributed by atoms with Crippen molar-refractivity contribution in [2.24, 2.45) is 17.3 Å². The molecular weight excluding hydrogens is 286 g/mol. The normalized spacial score (nSPS) is 37.8. The number of rotatable bonds is 4. The van der Waals surface area contributed by atoms with Gasteiger partial charge in [0.1, 0.15) is 0 Å². The van der Waals surface area contributed by atoms with Gasteiger partial charge >= 0.3 is 0 Å². The molecule has 0 aromatic heterocycles. The third-order valence-electron chi connectivity index (χ3n) is 6.60. The van der Waals surface area contributed by atoms with Crippen LogP contribution in [0.2, 0.25) is 0 Å². The SMILES string of the molecule is Cc1ccc(C23C[C@@H]4C[C@@H](CC(C(=O)NCCO)(C4)C2)C3)cc1. The molecule has 1 amide bonds.